The zero-order valence-electron chi connectivity index (χ0n) is 11.3. The van der Waals surface area contributed by atoms with Crippen LogP contribution in [0.2, 0.25) is 0 Å². The van der Waals surface area contributed by atoms with Crippen molar-refractivity contribution in [3.05, 3.63) is 52.6 Å². The number of methoxy groups -OCH3 is 1. The largest absolute Gasteiger partial charge is 0.383 e. The number of anilines is 2. The molecule has 0 aliphatic heterocycles. The third kappa shape index (κ3) is 4.18. The quantitative estimate of drug-likeness (QED) is 0.662. The van der Waals surface area contributed by atoms with Crippen LogP contribution < -0.4 is 16.2 Å². The summed E-state index contributed by atoms with van der Waals surface area (Å²) in [6.07, 6.45) is 3.37. The van der Waals surface area contributed by atoms with Gasteiger partial charge in [-0.05, 0) is 23.8 Å². The Bertz CT molecular complexity index is 580. The summed E-state index contributed by atoms with van der Waals surface area (Å²) in [5, 5.41) is 6.22. The molecule has 3 N–H and O–H groups in total. The van der Waals surface area contributed by atoms with Gasteiger partial charge in [0.1, 0.15) is 11.5 Å². The maximum Gasteiger partial charge on any atom is 0.271 e. The molecule has 0 atom stereocenters. The number of nitrogens with zero attached hydrogens (tertiary/aromatic N) is 1. The van der Waals surface area contributed by atoms with Crippen LogP contribution in [-0.2, 0) is 11.3 Å². The molecule has 6 nitrogen and oxygen atoms in total. The molecule has 2 rings (SSSR count). The molecule has 0 saturated carbocycles. The lowest BCUT2D eigenvalue weighted by Crippen LogP contribution is -2.18. The fourth-order valence-electron chi connectivity index (χ4n) is 1.67. The highest BCUT2D eigenvalue weighted by atomic mass is 16.5. The third-order valence-electron chi connectivity index (χ3n) is 2.72. The van der Waals surface area contributed by atoms with E-state index in [9.17, 15) is 4.79 Å². The van der Waals surface area contributed by atoms with Gasteiger partial charge >= 0.3 is 0 Å². The van der Waals surface area contributed by atoms with E-state index in [4.69, 9.17) is 4.74 Å². The first kappa shape index (κ1) is 14.2. The van der Waals surface area contributed by atoms with Crippen molar-refractivity contribution in [3.8, 4) is 0 Å². The Labute approximate surface area is 117 Å². The van der Waals surface area contributed by atoms with Gasteiger partial charge in [0, 0.05) is 32.6 Å². The fraction of sp³-hybridized carbons (Fsp3) is 0.286. The highest BCUT2D eigenvalue weighted by Crippen LogP contribution is 2.10. The number of hydrogen-bond acceptors (Lipinski definition) is 5. The molecule has 0 aliphatic carbocycles. The van der Waals surface area contributed by atoms with Crippen LogP contribution in [0.3, 0.4) is 0 Å². The second-order valence-electron chi connectivity index (χ2n) is 4.26. The number of rotatable bonds is 7. The summed E-state index contributed by atoms with van der Waals surface area (Å²) in [5.41, 5.74) is 1.39. The van der Waals surface area contributed by atoms with Crippen LogP contribution in [0.1, 0.15) is 5.56 Å². The van der Waals surface area contributed by atoms with Gasteiger partial charge in [0.25, 0.3) is 5.56 Å². The molecule has 0 aromatic carbocycles. The third-order valence-corrected chi connectivity index (χ3v) is 2.72. The Morgan fingerprint density at radius 2 is 2.25 bits per heavy atom. The number of H-pyrrole nitrogens is 1. The van der Waals surface area contributed by atoms with E-state index < -0.39 is 0 Å². The fourth-order valence-corrected chi connectivity index (χ4v) is 1.67. The van der Waals surface area contributed by atoms with Crippen molar-refractivity contribution < 1.29 is 4.74 Å². The zero-order valence-corrected chi connectivity index (χ0v) is 11.3. The predicted octanol–water partition coefficient (Wildman–Crippen LogP) is 1.25. The van der Waals surface area contributed by atoms with Crippen molar-refractivity contribution in [1.29, 1.82) is 0 Å². The standard InChI is InChI=1S/C14H18N4O2/c1-20-8-7-15-9-11-4-5-13(17-10-11)18-12-3-2-6-16-14(12)19/h2-6,10,15H,7-9H2,1H3,(H,16,19)(H,17,18). The number of nitrogens with one attached hydrogen (secondary N) is 3. The molecule has 0 unspecified atom stereocenters. The van der Waals surface area contributed by atoms with Crippen LogP contribution in [0.5, 0.6) is 0 Å². The van der Waals surface area contributed by atoms with Crippen LogP contribution in [0.25, 0.3) is 0 Å². The SMILES string of the molecule is COCCNCc1ccc(Nc2ccc[nH]c2=O)nc1. The topological polar surface area (TPSA) is 79.0 Å². The highest BCUT2D eigenvalue weighted by molar-refractivity contribution is 5.54. The van der Waals surface area contributed by atoms with Gasteiger partial charge in [-0.3, -0.25) is 4.79 Å². The van der Waals surface area contributed by atoms with Gasteiger partial charge in [-0.15, -0.1) is 0 Å². The molecule has 2 aromatic rings. The van der Waals surface area contributed by atoms with E-state index in [1.807, 2.05) is 12.1 Å². The predicted molar refractivity (Wildman–Crippen MR) is 78.2 cm³/mol. The summed E-state index contributed by atoms with van der Waals surface area (Å²) in [7, 11) is 1.68. The van der Waals surface area contributed by atoms with Gasteiger partial charge in [0.15, 0.2) is 0 Å². The van der Waals surface area contributed by atoms with E-state index in [1.165, 1.54) is 0 Å². The molecule has 20 heavy (non-hydrogen) atoms. The minimum atomic E-state index is -0.167. The van der Waals surface area contributed by atoms with Crippen LogP contribution >= 0.6 is 0 Å². The molecule has 0 radical (unpaired) electrons. The van der Waals surface area contributed by atoms with Crippen LogP contribution in [0, 0.1) is 0 Å². The lowest BCUT2D eigenvalue weighted by atomic mass is 10.3. The van der Waals surface area contributed by atoms with Crippen molar-refractivity contribution in [2.75, 3.05) is 25.6 Å². The summed E-state index contributed by atoms with van der Waals surface area (Å²) in [6.45, 7) is 2.22. The first-order chi connectivity index (χ1) is 9.79. The number of aromatic amines is 1. The molecule has 2 heterocycles. The average Bonchev–Trinajstić information content (AvgIpc) is 2.48. The van der Waals surface area contributed by atoms with Crippen LogP contribution in [0.4, 0.5) is 11.5 Å². The minimum Gasteiger partial charge on any atom is -0.383 e. The Kier molecular flexibility index (Phi) is 5.28. The van der Waals surface area contributed by atoms with Gasteiger partial charge in [0.05, 0.1) is 6.61 Å². The van der Waals surface area contributed by atoms with Gasteiger partial charge in [-0.25, -0.2) is 4.98 Å². The smallest absolute Gasteiger partial charge is 0.271 e. The normalized spacial score (nSPS) is 10.4. The van der Waals surface area contributed by atoms with Gasteiger partial charge in [-0.2, -0.15) is 0 Å². The average molecular weight is 274 g/mol. The summed E-state index contributed by atoms with van der Waals surface area (Å²) >= 11 is 0. The maximum absolute atomic E-state index is 11.5. The summed E-state index contributed by atoms with van der Waals surface area (Å²) in [4.78, 5) is 18.4. The molecule has 0 spiro atoms. The highest BCUT2D eigenvalue weighted by Gasteiger charge is 2.00. The summed E-state index contributed by atoms with van der Waals surface area (Å²) in [6, 6.07) is 7.28. The number of ether oxygens (including phenoxy) is 1. The monoisotopic (exact) mass is 274 g/mol. The van der Waals surface area contributed by atoms with E-state index in [-0.39, 0.29) is 5.56 Å². The molecular weight excluding hydrogens is 256 g/mol. The molecule has 6 heteroatoms. The van der Waals surface area contributed by atoms with Gasteiger partial charge < -0.3 is 20.4 Å². The van der Waals surface area contributed by atoms with Crippen molar-refractivity contribution in [2.24, 2.45) is 0 Å². The van der Waals surface area contributed by atoms with E-state index >= 15 is 0 Å². The lowest BCUT2D eigenvalue weighted by molar-refractivity contribution is 0.199. The number of hydrogen-bond donors (Lipinski definition) is 3. The van der Waals surface area contributed by atoms with Crippen LogP contribution in [0.15, 0.2) is 41.5 Å². The molecule has 0 amide bonds. The van der Waals surface area contributed by atoms with Crippen molar-refractivity contribution in [3.63, 3.8) is 0 Å². The zero-order chi connectivity index (χ0) is 14.2. The minimum absolute atomic E-state index is 0.167. The molecular formula is C14H18N4O2. The van der Waals surface area contributed by atoms with Crippen LogP contribution in [-0.4, -0.2) is 30.2 Å². The number of pyridine rings is 2. The first-order valence-electron chi connectivity index (χ1n) is 6.39. The number of aromatic nitrogens is 2. The molecule has 2 aromatic heterocycles. The molecule has 0 aliphatic rings. The Morgan fingerprint density at radius 3 is 2.95 bits per heavy atom. The lowest BCUT2D eigenvalue weighted by Gasteiger charge is -2.06. The van der Waals surface area contributed by atoms with Crippen molar-refractivity contribution in [1.82, 2.24) is 15.3 Å². The van der Waals surface area contributed by atoms with E-state index in [0.29, 0.717) is 18.1 Å². The molecule has 0 bridgehead atoms. The Balaban J connectivity index is 1.91. The van der Waals surface area contributed by atoms with Crippen molar-refractivity contribution in [2.45, 2.75) is 6.54 Å². The van der Waals surface area contributed by atoms with Gasteiger partial charge in [0.2, 0.25) is 0 Å². The molecule has 106 valence electrons. The summed E-state index contributed by atoms with van der Waals surface area (Å²) < 4.78 is 4.96. The molecule has 0 saturated heterocycles. The second kappa shape index (κ2) is 7.42. The molecule has 0 fully saturated rings. The Morgan fingerprint density at radius 1 is 1.35 bits per heavy atom. The Hall–Kier alpha value is -2.18. The van der Waals surface area contributed by atoms with Crippen molar-refractivity contribution >= 4 is 11.5 Å². The van der Waals surface area contributed by atoms with E-state index in [0.717, 1.165) is 18.7 Å². The maximum atomic E-state index is 11.5. The first-order valence-corrected chi connectivity index (χ1v) is 6.39. The van der Waals surface area contributed by atoms with E-state index in [1.54, 1.807) is 31.6 Å². The van der Waals surface area contributed by atoms with E-state index in [2.05, 4.69) is 20.6 Å². The summed E-state index contributed by atoms with van der Waals surface area (Å²) in [5.74, 6) is 0.641. The van der Waals surface area contributed by atoms with Gasteiger partial charge in [-0.1, -0.05) is 6.07 Å². The second-order valence-corrected chi connectivity index (χ2v) is 4.26.